The van der Waals surface area contributed by atoms with Crippen LogP contribution >= 0.6 is 0 Å². The second-order valence-electron chi connectivity index (χ2n) is 5.80. The van der Waals surface area contributed by atoms with Gasteiger partial charge in [0.25, 0.3) is 0 Å². The first-order valence-electron chi connectivity index (χ1n) is 8.73. The summed E-state index contributed by atoms with van der Waals surface area (Å²) in [5, 5.41) is 0. The lowest BCUT2D eigenvalue weighted by atomic mass is 10.1. The van der Waals surface area contributed by atoms with Crippen LogP contribution < -0.4 is 10.5 Å². The van der Waals surface area contributed by atoms with E-state index in [-0.39, 0.29) is 17.6 Å². The number of ether oxygens (including phenoxy) is 2. The number of hydrogen-bond acceptors (Lipinski definition) is 4. The Morgan fingerprint density at radius 2 is 1.76 bits per heavy atom. The molecule has 154 valence electrons. The van der Waals surface area contributed by atoms with Gasteiger partial charge in [0, 0.05) is 12.0 Å². The van der Waals surface area contributed by atoms with E-state index in [1.807, 2.05) is 12.1 Å². The number of halogens is 3. The SMILES string of the molecule is CCOC(=O)CCc1ccc(C(N)=NC=Nc2ccc(OC(F)(F)F)cc2)cc1. The van der Waals surface area contributed by atoms with Gasteiger partial charge in [-0.15, -0.1) is 13.2 Å². The second kappa shape index (κ2) is 10.3. The molecule has 2 aromatic carbocycles. The Balaban J connectivity index is 1.92. The van der Waals surface area contributed by atoms with Gasteiger partial charge in [-0.05, 0) is 43.2 Å². The molecule has 2 N–H and O–H groups in total. The standard InChI is InChI=1S/C20H20F3N3O3/c1-2-28-18(27)12-5-14-3-6-15(7-4-14)19(24)26-13-25-16-8-10-17(11-9-16)29-20(21,22)23/h3-4,6-11,13H,2,5,12H2,1H3,(H2,24,25,26). The number of carbonyl (C=O) groups is 1. The topological polar surface area (TPSA) is 86.3 Å². The van der Waals surface area contributed by atoms with Crippen molar-refractivity contribution in [2.75, 3.05) is 6.61 Å². The first-order valence-corrected chi connectivity index (χ1v) is 8.73. The molecule has 0 saturated heterocycles. The monoisotopic (exact) mass is 407 g/mol. The highest BCUT2D eigenvalue weighted by Gasteiger charge is 2.30. The highest BCUT2D eigenvalue weighted by molar-refractivity contribution is 6.01. The Morgan fingerprint density at radius 1 is 1.10 bits per heavy atom. The van der Waals surface area contributed by atoms with Gasteiger partial charge in [0.1, 0.15) is 17.9 Å². The summed E-state index contributed by atoms with van der Waals surface area (Å²) in [6, 6.07) is 12.3. The van der Waals surface area contributed by atoms with E-state index in [1.165, 1.54) is 18.5 Å². The smallest absolute Gasteiger partial charge is 0.466 e. The van der Waals surface area contributed by atoms with Crippen LogP contribution in [0.5, 0.6) is 5.75 Å². The van der Waals surface area contributed by atoms with Crippen molar-refractivity contribution in [1.29, 1.82) is 0 Å². The molecule has 6 nitrogen and oxygen atoms in total. The number of nitrogens with zero attached hydrogens (tertiary/aromatic N) is 2. The summed E-state index contributed by atoms with van der Waals surface area (Å²) in [7, 11) is 0. The van der Waals surface area contributed by atoms with Gasteiger partial charge in [0.05, 0.1) is 12.3 Å². The van der Waals surface area contributed by atoms with E-state index >= 15 is 0 Å². The molecular formula is C20H20F3N3O3. The average molecular weight is 407 g/mol. The van der Waals surface area contributed by atoms with E-state index in [0.717, 1.165) is 17.7 Å². The normalized spacial score (nSPS) is 12.2. The zero-order chi connectivity index (χ0) is 21.3. The van der Waals surface area contributed by atoms with Crippen molar-refractivity contribution in [3.05, 3.63) is 59.7 Å². The molecule has 0 heterocycles. The molecule has 0 aliphatic rings. The third kappa shape index (κ3) is 8.04. The first kappa shape index (κ1) is 21.9. The maximum atomic E-state index is 12.1. The fourth-order valence-corrected chi connectivity index (χ4v) is 2.29. The van der Waals surface area contributed by atoms with Crippen LogP contribution in [0.15, 0.2) is 58.5 Å². The summed E-state index contributed by atoms with van der Waals surface area (Å²) < 4.78 is 45.0. The predicted octanol–water partition coefficient (Wildman–Crippen LogP) is 4.15. The van der Waals surface area contributed by atoms with Gasteiger partial charge < -0.3 is 15.2 Å². The maximum Gasteiger partial charge on any atom is 0.573 e. The van der Waals surface area contributed by atoms with Crippen LogP contribution in [0.3, 0.4) is 0 Å². The van der Waals surface area contributed by atoms with E-state index in [9.17, 15) is 18.0 Å². The Morgan fingerprint density at radius 3 is 2.34 bits per heavy atom. The van der Waals surface area contributed by atoms with E-state index in [0.29, 0.717) is 30.7 Å². The number of benzene rings is 2. The lowest BCUT2D eigenvalue weighted by Gasteiger charge is -2.08. The molecule has 2 aromatic rings. The summed E-state index contributed by atoms with van der Waals surface area (Å²) in [4.78, 5) is 19.4. The Labute approximate surface area is 165 Å². The van der Waals surface area contributed by atoms with Crippen LogP contribution in [-0.4, -0.2) is 31.1 Å². The largest absolute Gasteiger partial charge is 0.573 e. The molecule has 0 atom stereocenters. The van der Waals surface area contributed by atoms with Crippen molar-refractivity contribution < 1.29 is 27.4 Å². The van der Waals surface area contributed by atoms with Crippen molar-refractivity contribution in [2.24, 2.45) is 15.7 Å². The molecule has 0 bridgehead atoms. The summed E-state index contributed by atoms with van der Waals surface area (Å²) in [5.74, 6) is -0.350. The third-order valence-corrected chi connectivity index (χ3v) is 3.65. The van der Waals surface area contributed by atoms with Gasteiger partial charge >= 0.3 is 12.3 Å². The number of carbonyl (C=O) groups excluding carboxylic acids is 1. The Bertz CT molecular complexity index is 861. The van der Waals surface area contributed by atoms with Crippen LogP contribution in [0.2, 0.25) is 0 Å². The maximum absolute atomic E-state index is 12.1. The van der Waals surface area contributed by atoms with Gasteiger partial charge in [-0.3, -0.25) is 4.79 Å². The summed E-state index contributed by atoms with van der Waals surface area (Å²) in [6.07, 6.45) is -2.66. The third-order valence-electron chi connectivity index (χ3n) is 3.65. The van der Waals surface area contributed by atoms with Crippen LogP contribution in [0.4, 0.5) is 18.9 Å². The first-order chi connectivity index (χ1) is 13.8. The van der Waals surface area contributed by atoms with Crippen LogP contribution in [0, 0.1) is 0 Å². The van der Waals surface area contributed by atoms with Crippen molar-refractivity contribution in [2.45, 2.75) is 26.1 Å². The second-order valence-corrected chi connectivity index (χ2v) is 5.80. The van der Waals surface area contributed by atoms with E-state index in [2.05, 4.69) is 14.7 Å². The minimum absolute atomic E-state index is 0.225. The van der Waals surface area contributed by atoms with Crippen molar-refractivity contribution in [1.82, 2.24) is 0 Å². The van der Waals surface area contributed by atoms with Crippen LogP contribution in [0.1, 0.15) is 24.5 Å². The number of rotatable bonds is 8. The fourth-order valence-electron chi connectivity index (χ4n) is 2.29. The number of esters is 1. The Hall–Kier alpha value is -3.36. The molecule has 9 heteroatoms. The molecule has 0 aromatic heterocycles. The average Bonchev–Trinajstić information content (AvgIpc) is 2.67. The molecule has 0 unspecified atom stereocenters. The van der Waals surface area contributed by atoms with E-state index in [4.69, 9.17) is 10.5 Å². The zero-order valence-electron chi connectivity index (χ0n) is 15.6. The highest BCUT2D eigenvalue weighted by Crippen LogP contribution is 2.24. The van der Waals surface area contributed by atoms with Crippen LogP contribution in [-0.2, 0) is 16.0 Å². The molecule has 0 aliphatic carbocycles. The number of alkyl halides is 3. The van der Waals surface area contributed by atoms with Crippen LogP contribution in [0.25, 0.3) is 0 Å². The lowest BCUT2D eigenvalue weighted by Crippen LogP contribution is -2.16. The molecule has 0 aliphatic heterocycles. The molecule has 29 heavy (non-hydrogen) atoms. The zero-order valence-corrected chi connectivity index (χ0v) is 15.6. The van der Waals surface area contributed by atoms with E-state index < -0.39 is 6.36 Å². The minimum atomic E-state index is -4.74. The number of amidine groups is 1. The quantitative estimate of drug-likeness (QED) is 0.405. The van der Waals surface area contributed by atoms with Gasteiger partial charge in [0.15, 0.2) is 0 Å². The molecule has 0 saturated carbocycles. The number of aliphatic imine (C=N–C) groups is 2. The minimum Gasteiger partial charge on any atom is -0.466 e. The Kier molecular flexibility index (Phi) is 7.76. The molecule has 0 amide bonds. The van der Waals surface area contributed by atoms with Gasteiger partial charge in [-0.2, -0.15) is 0 Å². The van der Waals surface area contributed by atoms with Gasteiger partial charge in [-0.1, -0.05) is 24.3 Å². The van der Waals surface area contributed by atoms with Crippen molar-refractivity contribution >= 4 is 23.8 Å². The molecular weight excluding hydrogens is 387 g/mol. The van der Waals surface area contributed by atoms with E-state index in [1.54, 1.807) is 19.1 Å². The highest BCUT2D eigenvalue weighted by atomic mass is 19.4. The molecule has 0 fully saturated rings. The summed E-state index contributed by atoms with van der Waals surface area (Å²) >= 11 is 0. The van der Waals surface area contributed by atoms with Gasteiger partial charge in [-0.25, -0.2) is 9.98 Å². The number of nitrogens with two attached hydrogens (primary N) is 1. The lowest BCUT2D eigenvalue weighted by molar-refractivity contribution is -0.274. The number of aryl methyl sites for hydroxylation is 1. The fraction of sp³-hybridized carbons (Fsp3) is 0.250. The van der Waals surface area contributed by atoms with Gasteiger partial charge in [0.2, 0.25) is 0 Å². The summed E-state index contributed by atoms with van der Waals surface area (Å²) in [6.45, 7) is 2.12. The summed E-state index contributed by atoms with van der Waals surface area (Å²) in [5.41, 5.74) is 7.93. The molecule has 0 radical (unpaired) electrons. The molecule has 0 spiro atoms. The predicted molar refractivity (Wildman–Crippen MR) is 103 cm³/mol. The van der Waals surface area contributed by atoms with Crippen molar-refractivity contribution in [3.63, 3.8) is 0 Å². The van der Waals surface area contributed by atoms with Crippen molar-refractivity contribution in [3.8, 4) is 5.75 Å². The number of hydrogen-bond donors (Lipinski definition) is 1. The molecule has 2 rings (SSSR count).